The molecule has 1 aromatic carbocycles. The van der Waals surface area contributed by atoms with Crippen LogP contribution < -0.4 is 5.32 Å². The third-order valence-electron chi connectivity index (χ3n) is 2.35. The Labute approximate surface area is 104 Å². The van der Waals surface area contributed by atoms with Crippen molar-refractivity contribution in [1.82, 2.24) is 5.32 Å². The first-order valence-electron chi connectivity index (χ1n) is 5.44. The van der Waals surface area contributed by atoms with Gasteiger partial charge in [0.2, 0.25) is 0 Å². The molecule has 0 heterocycles. The van der Waals surface area contributed by atoms with E-state index in [-0.39, 0.29) is 12.0 Å². The second-order valence-corrected chi connectivity index (χ2v) is 3.74. The summed E-state index contributed by atoms with van der Waals surface area (Å²) in [6.45, 7) is 3.49. The second-order valence-electron chi connectivity index (χ2n) is 3.74. The van der Waals surface area contributed by atoms with E-state index in [2.05, 4.69) is 11.9 Å². The first-order valence-corrected chi connectivity index (χ1v) is 5.44. The second kappa shape index (κ2) is 6.54. The Kier molecular flexibility index (Phi) is 5.05. The number of benzene rings is 1. The summed E-state index contributed by atoms with van der Waals surface area (Å²) in [5.41, 5.74) is 0.0971. The quantitative estimate of drug-likeness (QED) is 0.760. The van der Waals surface area contributed by atoms with Gasteiger partial charge >= 0.3 is 5.97 Å². The maximum atomic E-state index is 12.9. The fraction of sp³-hybridized carbons (Fsp3) is 0.231. The summed E-state index contributed by atoms with van der Waals surface area (Å²) in [5.74, 6) is -2.27. The van der Waals surface area contributed by atoms with Gasteiger partial charge in [0.1, 0.15) is 11.9 Å². The van der Waals surface area contributed by atoms with Crippen molar-refractivity contribution >= 4 is 11.9 Å². The molecule has 18 heavy (non-hydrogen) atoms. The number of nitrogens with one attached hydrogen (secondary N) is 1. The van der Waals surface area contributed by atoms with Gasteiger partial charge in [-0.15, -0.1) is 6.58 Å². The minimum absolute atomic E-state index is 0.0971. The van der Waals surface area contributed by atoms with Crippen molar-refractivity contribution in [2.24, 2.45) is 0 Å². The van der Waals surface area contributed by atoms with Crippen LogP contribution >= 0.6 is 0 Å². The SMILES string of the molecule is C=CCC[C@H](NC(=O)c1cccc(F)c1)C(=O)O. The summed E-state index contributed by atoms with van der Waals surface area (Å²) >= 11 is 0. The number of amides is 1. The summed E-state index contributed by atoms with van der Waals surface area (Å²) in [4.78, 5) is 22.6. The average molecular weight is 251 g/mol. The minimum atomic E-state index is -1.12. The lowest BCUT2D eigenvalue weighted by Gasteiger charge is -2.13. The molecule has 1 atom stereocenters. The molecule has 0 aromatic heterocycles. The first-order chi connectivity index (χ1) is 8.54. The zero-order valence-corrected chi connectivity index (χ0v) is 9.73. The van der Waals surface area contributed by atoms with E-state index >= 15 is 0 Å². The molecule has 1 rings (SSSR count). The molecule has 5 heteroatoms. The van der Waals surface area contributed by atoms with Crippen LogP contribution in [0.2, 0.25) is 0 Å². The molecule has 0 aliphatic heterocycles. The zero-order valence-electron chi connectivity index (χ0n) is 9.73. The number of aliphatic carboxylic acids is 1. The van der Waals surface area contributed by atoms with Gasteiger partial charge in [0.25, 0.3) is 5.91 Å². The van der Waals surface area contributed by atoms with E-state index in [0.29, 0.717) is 6.42 Å². The summed E-state index contributed by atoms with van der Waals surface area (Å²) in [6.07, 6.45) is 2.30. The number of rotatable bonds is 6. The van der Waals surface area contributed by atoms with Crippen LogP contribution in [0.5, 0.6) is 0 Å². The molecule has 4 nitrogen and oxygen atoms in total. The molecule has 0 radical (unpaired) electrons. The molecule has 96 valence electrons. The van der Waals surface area contributed by atoms with Gasteiger partial charge in [-0.2, -0.15) is 0 Å². The van der Waals surface area contributed by atoms with Gasteiger partial charge in [0, 0.05) is 5.56 Å². The molecule has 0 aliphatic rings. The Morgan fingerprint density at radius 1 is 1.50 bits per heavy atom. The van der Waals surface area contributed by atoms with Crippen molar-refractivity contribution in [3.63, 3.8) is 0 Å². The van der Waals surface area contributed by atoms with E-state index in [9.17, 15) is 14.0 Å². The van der Waals surface area contributed by atoms with Crippen molar-refractivity contribution in [3.05, 3.63) is 48.3 Å². The summed E-state index contributed by atoms with van der Waals surface area (Å²) < 4.78 is 12.9. The van der Waals surface area contributed by atoms with Gasteiger partial charge in [-0.3, -0.25) is 4.79 Å². The maximum absolute atomic E-state index is 12.9. The highest BCUT2D eigenvalue weighted by molar-refractivity contribution is 5.96. The summed E-state index contributed by atoms with van der Waals surface area (Å²) in [7, 11) is 0. The molecule has 0 spiro atoms. The van der Waals surface area contributed by atoms with Gasteiger partial charge in [0.05, 0.1) is 0 Å². The molecule has 0 aliphatic carbocycles. The molecular weight excluding hydrogens is 237 g/mol. The van der Waals surface area contributed by atoms with Crippen LogP contribution in [0.15, 0.2) is 36.9 Å². The lowest BCUT2D eigenvalue weighted by Crippen LogP contribution is -2.40. The standard InChI is InChI=1S/C13H14FNO3/c1-2-3-7-11(13(17)18)15-12(16)9-5-4-6-10(14)8-9/h2,4-6,8,11H,1,3,7H2,(H,15,16)(H,17,18)/t11-/m0/s1. The molecule has 1 aromatic rings. The van der Waals surface area contributed by atoms with Gasteiger partial charge in [-0.05, 0) is 31.0 Å². The highest BCUT2D eigenvalue weighted by Crippen LogP contribution is 2.05. The number of allylic oxidation sites excluding steroid dienone is 1. The van der Waals surface area contributed by atoms with Gasteiger partial charge < -0.3 is 10.4 Å². The van der Waals surface area contributed by atoms with Gasteiger partial charge in [-0.1, -0.05) is 12.1 Å². The van der Waals surface area contributed by atoms with Crippen LogP contribution in [0.1, 0.15) is 23.2 Å². The Morgan fingerprint density at radius 3 is 2.78 bits per heavy atom. The average Bonchev–Trinajstić information content (AvgIpc) is 2.33. The third kappa shape index (κ3) is 4.01. The number of hydrogen-bond acceptors (Lipinski definition) is 2. The topological polar surface area (TPSA) is 66.4 Å². The zero-order chi connectivity index (χ0) is 13.5. The van der Waals surface area contributed by atoms with Crippen LogP contribution in [-0.2, 0) is 4.79 Å². The van der Waals surface area contributed by atoms with Crippen LogP contribution in [0, 0.1) is 5.82 Å². The Morgan fingerprint density at radius 2 is 2.22 bits per heavy atom. The fourth-order valence-electron chi connectivity index (χ4n) is 1.41. The van der Waals surface area contributed by atoms with Crippen molar-refractivity contribution in [2.75, 3.05) is 0 Å². The first kappa shape index (κ1) is 13.9. The minimum Gasteiger partial charge on any atom is -0.480 e. The molecule has 2 N–H and O–H groups in total. The number of carbonyl (C=O) groups excluding carboxylic acids is 1. The predicted molar refractivity (Wildman–Crippen MR) is 64.7 cm³/mol. The lowest BCUT2D eigenvalue weighted by molar-refractivity contribution is -0.139. The maximum Gasteiger partial charge on any atom is 0.326 e. The van der Waals surface area contributed by atoms with E-state index in [1.54, 1.807) is 6.08 Å². The normalized spacial score (nSPS) is 11.6. The van der Waals surface area contributed by atoms with Gasteiger partial charge in [-0.25, -0.2) is 9.18 Å². The number of halogens is 1. The van der Waals surface area contributed by atoms with Crippen LogP contribution in [0.4, 0.5) is 4.39 Å². The van der Waals surface area contributed by atoms with Crippen LogP contribution in [-0.4, -0.2) is 23.0 Å². The van der Waals surface area contributed by atoms with E-state index < -0.39 is 23.7 Å². The highest BCUT2D eigenvalue weighted by atomic mass is 19.1. The van der Waals surface area contributed by atoms with Crippen molar-refractivity contribution < 1.29 is 19.1 Å². The monoisotopic (exact) mass is 251 g/mol. The van der Waals surface area contributed by atoms with Crippen molar-refractivity contribution in [2.45, 2.75) is 18.9 Å². The molecule has 0 saturated heterocycles. The van der Waals surface area contributed by atoms with Crippen LogP contribution in [0.25, 0.3) is 0 Å². The van der Waals surface area contributed by atoms with Crippen LogP contribution in [0.3, 0.4) is 0 Å². The molecule has 0 saturated carbocycles. The predicted octanol–water partition coefficient (Wildman–Crippen LogP) is 1.97. The van der Waals surface area contributed by atoms with E-state index in [1.165, 1.54) is 18.2 Å². The Hall–Kier alpha value is -2.17. The smallest absolute Gasteiger partial charge is 0.326 e. The Balaban J connectivity index is 2.72. The summed E-state index contributed by atoms with van der Waals surface area (Å²) in [5, 5.41) is 11.3. The van der Waals surface area contributed by atoms with Crippen molar-refractivity contribution in [3.8, 4) is 0 Å². The largest absolute Gasteiger partial charge is 0.480 e. The third-order valence-corrected chi connectivity index (χ3v) is 2.35. The lowest BCUT2D eigenvalue weighted by atomic mass is 10.1. The van der Waals surface area contributed by atoms with E-state index in [1.807, 2.05) is 0 Å². The summed E-state index contributed by atoms with van der Waals surface area (Å²) in [6, 6.07) is 4.08. The molecule has 0 bridgehead atoms. The highest BCUT2D eigenvalue weighted by Gasteiger charge is 2.19. The molecular formula is C13H14FNO3. The fourth-order valence-corrected chi connectivity index (χ4v) is 1.41. The molecule has 0 fully saturated rings. The number of carbonyl (C=O) groups is 2. The number of hydrogen-bond donors (Lipinski definition) is 2. The number of carboxylic acid groups (broad SMARTS) is 1. The van der Waals surface area contributed by atoms with Gasteiger partial charge in [0.15, 0.2) is 0 Å². The van der Waals surface area contributed by atoms with Crippen molar-refractivity contribution in [1.29, 1.82) is 0 Å². The number of carboxylic acids is 1. The molecule has 1 amide bonds. The van der Waals surface area contributed by atoms with E-state index in [4.69, 9.17) is 5.11 Å². The molecule has 0 unspecified atom stereocenters. The Bertz CT molecular complexity index is 459. The van der Waals surface area contributed by atoms with E-state index in [0.717, 1.165) is 6.07 Å².